The van der Waals surface area contributed by atoms with Crippen molar-refractivity contribution in [3.63, 3.8) is 0 Å². The van der Waals surface area contributed by atoms with Crippen LogP contribution in [0.1, 0.15) is 25.3 Å². The topological polar surface area (TPSA) is 23.6 Å². The van der Waals surface area contributed by atoms with Crippen molar-refractivity contribution in [3.05, 3.63) is 59.1 Å². The maximum atomic E-state index is 13.0. The van der Waals surface area contributed by atoms with Gasteiger partial charge in [-0.25, -0.2) is 0 Å². The minimum Gasteiger partial charge on any atom is -0.311 e. The van der Waals surface area contributed by atoms with Gasteiger partial charge in [-0.3, -0.25) is 4.79 Å². The highest BCUT2D eigenvalue weighted by atomic mass is 35.5. The molecule has 0 atom stereocenters. The molecule has 144 valence electrons. The smallest absolute Gasteiger partial charge is 0.228 e. The zero-order chi connectivity index (χ0) is 19.1. The van der Waals surface area contributed by atoms with Crippen molar-refractivity contribution < 1.29 is 4.79 Å². The highest BCUT2D eigenvalue weighted by Crippen LogP contribution is 2.36. The van der Waals surface area contributed by atoms with E-state index < -0.39 is 0 Å². The highest BCUT2D eigenvalue weighted by molar-refractivity contribution is 7.99. The van der Waals surface area contributed by atoms with E-state index in [1.807, 2.05) is 29.2 Å². The van der Waals surface area contributed by atoms with Gasteiger partial charge in [0.1, 0.15) is 0 Å². The zero-order valence-electron chi connectivity index (χ0n) is 15.9. The number of benzene rings is 2. The van der Waals surface area contributed by atoms with Gasteiger partial charge >= 0.3 is 0 Å². The van der Waals surface area contributed by atoms with Crippen molar-refractivity contribution >= 4 is 35.0 Å². The fourth-order valence-corrected chi connectivity index (χ4v) is 4.63. The predicted octanol–water partition coefficient (Wildman–Crippen LogP) is 5.12. The lowest BCUT2D eigenvalue weighted by atomic mass is 10.1. The van der Waals surface area contributed by atoms with Crippen molar-refractivity contribution in [2.45, 2.75) is 31.1 Å². The second-order valence-corrected chi connectivity index (χ2v) is 8.35. The van der Waals surface area contributed by atoms with Crippen molar-refractivity contribution in [2.75, 3.05) is 36.8 Å². The van der Waals surface area contributed by atoms with Crippen molar-refractivity contribution in [2.24, 2.45) is 0 Å². The molecule has 27 heavy (non-hydrogen) atoms. The summed E-state index contributed by atoms with van der Waals surface area (Å²) in [5, 5.41) is 0.730. The van der Waals surface area contributed by atoms with Gasteiger partial charge in [-0.15, -0.1) is 11.8 Å². The molecule has 2 aromatic carbocycles. The summed E-state index contributed by atoms with van der Waals surface area (Å²) in [7, 11) is 0. The van der Waals surface area contributed by atoms with Crippen LogP contribution >= 0.6 is 23.4 Å². The second kappa shape index (κ2) is 10.2. The lowest BCUT2D eigenvalue weighted by Gasteiger charge is -2.25. The number of fused-ring (bicyclic) bond motifs is 1. The summed E-state index contributed by atoms with van der Waals surface area (Å²) < 4.78 is 0. The van der Waals surface area contributed by atoms with Gasteiger partial charge in [0, 0.05) is 36.0 Å². The number of halogens is 1. The maximum absolute atomic E-state index is 13.0. The van der Waals surface area contributed by atoms with Crippen molar-refractivity contribution in [1.82, 2.24) is 4.90 Å². The second-order valence-electron chi connectivity index (χ2n) is 6.78. The Balaban J connectivity index is 1.58. The van der Waals surface area contributed by atoms with Crippen LogP contribution in [0.4, 0.5) is 5.69 Å². The quantitative estimate of drug-likeness (QED) is 0.641. The van der Waals surface area contributed by atoms with Crippen LogP contribution in [0.5, 0.6) is 0 Å². The third-order valence-electron chi connectivity index (χ3n) is 4.95. The van der Waals surface area contributed by atoms with E-state index in [1.54, 1.807) is 11.8 Å². The number of hydrogen-bond donors (Lipinski definition) is 0. The summed E-state index contributed by atoms with van der Waals surface area (Å²) in [6, 6.07) is 16.4. The Labute approximate surface area is 171 Å². The summed E-state index contributed by atoms with van der Waals surface area (Å²) in [5.41, 5.74) is 2.36. The van der Waals surface area contributed by atoms with E-state index in [1.165, 1.54) is 5.56 Å². The maximum Gasteiger partial charge on any atom is 0.228 e. The Morgan fingerprint density at radius 2 is 2.00 bits per heavy atom. The average molecular weight is 403 g/mol. The first-order chi connectivity index (χ1) is 13.2. The summed E-state index contributed by atoms with van der Waals surface area (Å²) in [4.78, 5) is 18.4. The first-order valence-corrected chi connectivity index (χ1v) is 11.0. The molecule has 0 saturated heterocycles. The molecule has 2 aromatic rings. The monoisotopic (exact) mass is 402 g/mol. The van der Waals surface area contributed by atoms with E-state index in [4.69, 9.17) is 11.6 Å². The highest BCUT2D eigenvalue weighted by Gasteiger charge is 2.22. The van der Waals surface area contributed by atoms with E-state index in [0.29, 0.717) is 6.42 Å². The van der Waals surface area contributed by atoms with Crippen LogP contribution in [0.15, 0.2) is 53.4 Å². The number of nitrogens with zero attached hydrogens (tertiary/aromatic N) is 2. The van der Waals surface area contributed by atoms with Gasteiger partial charge < -0.3 is 9.80 Å². The Hall–Kier alpha value is -1.49. The molecule has 1 amide bonds. The predicted molar refractivity (Wildman–Crippen MR) is 116 cm³/mol. The molecule has 3 nitrogen and oxygen atoms in total. The normalized spacial score (nSPS) is 14.1. The first-order valence-electron chi connectivity index (χ1n) is 9.66. The van der Waals surface area contributed by atoms with Crippen molar-refractivity contribution in [1.29, 1.82) is 0 Å². The molecule has 5 heteroatoms. The van der Waals surface area contributed by atoms with Gasteiger partial charge in [0.25, 0.3) is 0 Å². The molecule has 0 aromatic heterocycles. The number of rotatable bonds is 7. The standard InChI is InChI=1S/C22H27ClN2OS/c1-2-24(14-11-18-7-4-3-5-8-18)15-12-22(26)25-13-6-16-27-21-17-19(23)9-10-20(21)25/h3-5,7-10,17H,2,6,11-16H2,1H3. The van der Waals surface area contributed by atoms with E-state index in [-0.39, 0.29) is 5.91 Å². The number of amides is 1. The first kappa shape index (κ1) is 20.2. The molecule has 3 rings (SSSR count). The summed E-state index contributed by atoms with van der Waals surface area (Å²) in [6.45, 7) is 5.69. The average Bonchev–Trinajstić information content (AvgIpc) is 2.90. The number of anilines is 1. The van der Waals surface area contributed by atoms with Crippen molar-refractivity contribution in [3.8, 4) is 0 Å². The molecule has 1 heterocycles. The summed E-state index contributed by atoms with van der Waals surface area (Å²) in [6.07, 6.45) is 2.58. The molecule has 0 saturated carbocycles. The van der Waals surface area contributed by atoms with Crippen LogP contribution in [0, 0.1) is 0 Å². The minimum atomic E-state index is 0.208. The Morgan fingerprint density at radius 1 is 1.19 bits per heavy atom. The summed E-state index contributed by atoms with van der Waals surface area (Å²) in [5.74, 6) is 1.23. The summed E-state index contributed by atoms with van der Waals surface area (Å²) >= 11 is 7.93. The molecule has 0 radical (unpaired) electrons. The van der Waals surface area contributed by atoms with Crippen LogP contribution in [0.25, 0.3) is 0 Å². The van der Waals surface area contributed by atoms with E-state index in [2.05, 4.69) is 36.1 Å². The lowest BCUT2D eigenvalue weighted by molar-refractivity contribution is -0.119. The number of likely N-dealkylation sites (N-methyl/N-ethyl adjacent to an activating group) is 1. The van der Waals surface area contributed by atoms with E-state index in [9.17, 15) is 4.79 Å². The Kier molecular flexibility index (Phi) is 7.62. The minimum absolute atomic E-state index is 0.208. The van der Waals surface area contributed by atoms with E-state index in [0.717, 1.165) is 60.4 Å². The molecular weight excluding hydrogens is 376 g/mol. The molecule has 1 aliphatic rings. The largest absolute Gasteiger partial charge is 0.311 e. The molecule has 0 spiro atoms. The van der Waals surface area contributed by atoms with Crippen LogP contribution in [0.3, 0.4) is 0 Å². The van der Waals surface area contributed by atoms with Crippen LogP contribution in [-0.4, -0.2) is 42.7 Å². The fraction of sp³-hybridized carbons (Fsp3) is 0.409. The van der Waals surface area contributed by atoms with E-state index >= 15 is 0 Å². The molecule has 0 bridgehead atoms. The third kappa shape index (κ3) is 5.74. The molecule has 0 fully saturated rings. The molecule has 0 N–H and O–H groups in total. The number of carbonyl (C=O) groups excluding carboxylic acids is 1. The van der Waals surface area contributed by atoms with Gasteiger partial charge in [0.05, 0.1) is 5.69 Å². The Bertz CT molecular complexity index is 753. The molecular formula is C22H27ClN2OS. The number of carbonyl (C=O) groups is 1. The fourth-order valence-electron chi connectivity index (χ4n) is 3.36. The molecule has 0 unspecified atom stereocenters. The lowest BCUT2D eigenvalue weighted by Crippen LogP contribution is -2.36. The van der Waals surface area contributed by atoms with Crippen LogP contribution in [-0.2, 0) is 11.2 Å². The SMILES string of the molecule is CCN(CCC(=O)N1CCCSc2cc(Cl)ccc21)CCc1ccccc1. The van der Waals surface area contributed by atoms with Gasteiger partial charge in [0.15, 0.2) is 0 Å². The number of hydrogen-bond acceptors (Lipinski definition) is 3. The third-order valence-corrected chi connectivity index (χ3v) is 6.31. The van der Waals surface area contributed by atoms with Gasteiger partial charge in [-0.2, -0.15) is 0 Å². The molecule has 1 aliphatic heterocycles. The van der Waals surface area contributed by atoms with Crippen LogP contribution < -0.4 is 4.90 Å². The Morgan fingerprint density at radius 3 is 2.78 bits per heavy atom. The van der Waals surface area contributed by atoms with Gasteiger partial charge in [0.2, 0.25) is 5.91 Å². The number of thioether (sulfide) groups is 1. The molecule has 0 aliphatic carbocycles. The zero-order valence-corrected chi connectivity index (χ0v) is 17.4. The van der Waals surface area contributed by atoms with Gasteiger partial charge in [-0.05, 0) is 48.9 Å². The van der Waals surface area contributed by atoms with Gasteiger partial charge in [-0.1, -0.05) is 48.9 Å². The van der Waals surface area contributed by atoms with Crippen LogP contribution in [0.2, 0.25) is 5.02 Å².